The molecule has 9 aromatic carbocycles. The molecule has 0 amide bonds. The molecule has 3 heterocycles. The van der Waals surface area contributed by atoms with Gasteiger partial charge in [-0.25, -0.2) is 4.98 Å². The van der Waals surface area contributed by atoms with Crippen molar-refractivity contribution < 1.29 is 26.2 Å². The second-order valence-corrected chi connectivity index (χ2v) is 22.8. The first-order valence-corrected chi connectivity index (χ1v) is 26.4. The first kappa shape index (κ1) is 51.0. The van der Waals surface area contributed by atoms with Crippen molar-refractivity contribution in [3.63, 3.8) is 0 Å². The topological polar surface area (TPSA) is 55.9 Å². The molecule has 0 atom stereocenters. The molecule has 0 aliphatic rings. The van der Waals surface area contributed by atoms with Gasteiger partial charge < -0.3 is 9.67 Å². The number of pyridine rings is 1. The number of phenolic OH excluding ortho intramolecular Hbond substituents is 1. The van der Waals surface area contributed by atoms with Gasteiger partial charge in [0.05, 0.1) is 33.3 Å². The largest absolute Gasteiger partial charge is 0.507 e. The van der Waals surface area contributed by atoms with E-state index < -0.39 is 0 Å². The summed E-state index contributed by atoms with van der Waals surface area (Å²) in [6, 6.07) is 79.1. The number of hydrogen-bond acceptors (Lipinski definition) is 3. The maximum atomic E-state index is 12.6. The molecule has 0 bridgehead atoms. The Bertz CT molecular complexity index is 4140. The van der Waals surface area contributed by atoms with Gasteiger partial charge in [-0.15, -0.1) is 29.3 Å². The van der Waals surface area contributed by atoms with Crippen molar-refractivity contribution in [3.8, 4) is 73.2 Å². The maximum absolute atomic E-state index is 12.6. The molecule has 12 rings (SSSR count). The van der Waals surface area contributed by atoms with Crippen molar-refractivity contribution in [2.45, 2.75) is 71.6 Å². The molecule has 0 saturated heterocycles. The van der Waals surface area contributed by atoms with Crippen LogP contribution in [0.15, 0.2) is 219 Å². The Kier molecular flexibility index (Phi) is 13.1. The third-order valence-corrected chi connectivity index (χ3v) is 15.4. The van der Waals surface area contributed by atoms with Crippen LogP contribution in [0.1, 0.15) is 77.6 Å². The summed E-state index contributed by atoms with van der Waals surface area (Å²) >= 11 is 0. The van der Waals surface area contributed by atoms with Gasteiger partial charge in [0.15, 0.2) is 0 Å². The van der Waals surface area contributed by atoms with Crippen LogP contribution in [-0.2, 0) is 37.3 Å². The summed E-state index contributed by atoms with van der Waals surface area (Å²) in [6.07, 6.45) is 1.91. The Hall–Kier alpha value is -8.11. The van der Waals surface area contributed by atoms with Crippen molar-refractivity contribution in [1.82, 2.24) is 19.1 Å². The van der Waals surface area contributed by atoms with Crippen molar-refractivity contribution in [1.29, 1.82) is 0 Å². The molecule has 0 aliphatic heterocycles. The van der Waals surface area contributed by atoms with E-state index in [1.807, 2.05) is 18.3 Å². The van der Waals surface area contributed by atoms with Crippen LogP contribution in [0.3, 0.4) is 0 Å². The van der Waals surface area contributed by atoms with E-state index in [0.717, 1.165) is 94.4 Å². The van der Waals surface area contributed by atoms with Gasteiger partial charge in [0.2, 0.25) is 0 Å². The number of nitrogens with zero attached hydrogens (tertiary/aromatic N) is 4. The zero-order valence-electron chi connectivity index (χ0n) is 44.8. The van der Waals surface area contributed by atoms with E-state index in [4.69, 9.17) is 9.97 Å². The Balaban J connectivity index is 0.00000631. The van der Waals surface area contributed by atoms with Gasteiger partial charge in [-0.2, -0.15) is 0 Å². The molecule has 5 nitrogen and oxygen atoms in total. The summed E-state index contributed by atoms with van der Waals surface area (Å²) in [4.78, 5) is 10.7. The number of aromatic hydroxyl groups is 1. The molecule has 0 fully saturated rings. The maximum Gasteiger partial charge on any atom is 0.148 e. The molecule has 12 aromatic rings. The third-order valence-electron chi connectivity index (χ3n) is 15.4. The smallest absolute Gasteiger partial charge is 0.148 e. The quantitative estimate of drug-likeness (QED) is 0.147. The minimum Gasteiger partial charge on any atom is -0.507 e. The minimum absolute atomic E-state index is 0. The summed E-state index contributed by atoms with van der Waals surface area (Å²) < 4.78 is 4.49. The Morgan fingerprint density at radius 3 is 1.77 bits per heavy atom. The van der Waals surface area contributed by atoms with Crippen LogP contribution in [0.4, 0.5) is 0 Å². The monoisotopic (exact) mass is 1180 g/mol. The second kappa shape index (κ2) is 19.8. The van der Waals surface area contributed by atoms with Crippen LogP contribution in [0.5, 0.6) is 5.75 Å². The van der Waals surface area contributed by atoms with Crippen molar-refractivity contribution in [2.75, 3.05) is 0 Å². The summed E-state index contributed by atoms with van der Waals surface area (Å²) in [5.74, 6) is 0.779. The SMILES string of the molecule is CC(C)(C)c1cc(-c2cc(-c3ccc(C(C)(C)c4ccccc4)cc3)ccn2)[c-]c(-c2cccc3c2nc(-c2cc4c5ccccc5n(-c5ccccc5)c4cc2O)n3-c2ccc(C(C)(C)C)cc2-c2ccccc2)c1.[Pt]. The van der Waals surface area contributed by atoms with Gasteiger partial charge in [-0.05, 0) is 92.7 Å². The molecule has 0 unspecified atom stereocenters. The van der Waals surface area contributed by atoms with Crippen LogP contribution in [0, 0.1) is 6.07 Å². The molecule has 382 valence electrons. The summed E-state index contributed by atoms with van der Waals surface area (Å²) in [6.45, 7) is 18.1. The van der Waals surface area contributed by atoms with Crippen LogP contribution >= 0.6 is 0 Å². The Morgan fingerprint density at radius 1 is 0.429 bits per heavy atom. The zero-order valence-corrected chi connectivity index (χ0v) is 47.1. The third kappa shape index (κ3) is 9.31. The normalized spacial score (nSPS) is 12.1. The number of para-hydroxylation sites is 3. The van der Waals surface area contributed by atoms with E-state index in [-0.39, 0.29) is 43.1 Å². The molecule has 0 saturated carbocycles. The number of benzene rings is 9. The summed E-state index contributed by atoms with van der Waals surface area (Å²) in [7, 11) is 0. The number of rotatable bonds is 9. The van der Waals surface area contributed by atoms with E-state index >= 15 is 0 Å². The second-order valence-electron chi connectivity index (χ2n) is 22.8. The van der Waals surface area contributed by atoms with E-state index in [2.05, 4.69) is 271 Å². The molecule has 77 heavy (non-hydrogen) atoms. The summed E-state index contributed by atoms with van der Waals surface area (Å²) in [5, 5.41) is 14.7. The van der Waals surface area contributed by atoms with Gasteiger partial charge >= 0.3 is 0 Å². The average Bonchev–Trinajstić information content (AvgIpc) is 3.98. The fourth-order valence-electron chi connectivity index (χ4n) is 11.0. The fraction of sp³-hybridized carbons (Fsp3) is 0.155. The number of imidazole rings is 1. The van der Waals surface area contributed by atoms with E-state index in [1.165, 1.54) is 16.7 Å². The Morgan fingerprint density at radius 2 is 1.05 bits per heavy atom. The molecular formula is C71H61N4OPt-. The molecule has 3 aromatic heterocycles. The molecule has 6 heteroatoms. The van der Waals surface area contributed by atoms with Gasteiger partial charge in [-0.3, -0.25) is 9.55 Å². The van der Waals surface area contributed by atoms with Gasteiger partial charge in [0, 0.05) is 66.5 Å². The van der Waals surface area contributed by atoms with Crippen LogP contribution in [-0.4, -0.2) is 24.2 Å². The van der Waals surface area contributed by atoms with E-state index in [9.17, 15) is 5.11 Å². The molecule has 0 spiro atoms. The average molecular weight is 1180 g/mol. The number of aromatic nitrogens is 4. The standard InChI is InChI=1S/C71H61N4O.Pt/c1-69(2,3)53-35-36-63(58(43-53)47-21-12-9-13-22-47)75-64-30-20-28-56(67(64)73-68(75)60-44-59-57-27-18-19-29-62(57)74(65(59)45-66(60)76)55-25-16-11-17-26-55)49-39-50(41-54(40-49)70(4,5)6)61-42-48(37-38-72-61)46-31-33-52(34-32-46)71(7,8)51-23-14-10-15-24-51;/h9-38,40-45,76H,1-8H3;/q-1;. The predicted octanol–water partition coefficient (Wildman–Crippen LogP) is 18.3. The number of hydrogen-bond donors (Lipinski definition) is 1. The Labute approximate surface area is 466 Å². The predicted molar refractivity (Wildman–Crippen MR) is 317 cm³/mol. The van der Waals surface area contributed by atoms with Gasteiger partial charge in [0.1, 0.15) is 11.6 Å². The molecule has 0 aliphatic carbocycles. The molecular weight excluding hydrogens is 1120 g/mol. The molecule has 1 N–H and O–H groups in total. The first-order chi connectivity index (χ1) is 36.6. The first-order valence-electron chi connectivity index (χ1n) is 26.4. The van der Waals surface area contributed by atoms with E-state index in [1.54, 1.807) is 0 Å². The van der Waals surface area contributed by atoms with Crippen LogP contribution in [0.2, 0.25) is 0 Å². The van der Waals surface area contributed by atoms with Crippen molar-refractivity contribution in [3.05, 3.63) is 247 Å². The number of phenols is 1. The van der Waals surface area contributed by atoms with Crippen molar-refractivity contribution >= 4 is 32.8 Å². The fourth-order valence-corrected chi connectivity index (χ4v) is 11.0. The van der Waals surface area contributed by atoms with Gasteiger partial charge in [-0.1, -0.05) is 212 Å². The minimum atomic E-state index is -0.199. The molecule has 0 radical (unpaired) electrons. The van der Waals surface area contributed by atoms with Crippen LogP contribution < -0.4 is 0 Å². The zero-order chi connectivity index (χ0) is 52.5. The van der Waals surface area contributed by atoms with Gasteiger partial charge in [0.25, 0.3) is 0 Å². The van der Waals surface area contributed by atoms with Crippen LogP contribution in [0.25, 0.3) is 100 Å². The summed E-state index contributed by atoms with van der Waals surface area (Å²) in [5.41, 5.74) is 18.8. The van der Waals surface area contributed by atoms with E-state index in [0.29, 0.717) is 11.4 Å². The number of fused-ring (bicyclic) bond motifs is 4. The van der Waals surface area contributed by atoms with Crippen molar-refractivity contribution in [2.24, 2.45) is 0 Å².